The van der Waals surface area contributed by atoms with Crippen LogP contribution in [0.15, 0.2) is 4.42 Å². The Kier molecular flexibility index (Phi) is 3.92. The molecule has 0 aliphatic carbocycles. The van der Waals surface area contributed by atoms with E-state index in [9.17, 15) is 13.2 Å². The van der Waals surface area contributed by atoms with Crippen molar-refractivity contribution in [1.82, 2.24) is 25.5 Å². The van der Waals surface area contributed by atoms with Crippen LogP contribution < -0.4 is 11.1 Å². The molecule has 3 aliphatic heterocycles. The summed E-state index contributed by atoms with van der Waals surface area (Å²) in [5.41, 5.74) is 5.85. The number of piperidine rings is 1. The first kappa shape index (κ1) is 16.7. The summed E-state index contributed by atoms with van der Waals surface area (Å²) in [7, 11) is -4.77. The average Bonchev–Trinajstić information content (AvgIpc) is 3.23. The maximum absolute atomic E-state index is 12.4. The largest absolute Gasteiger partial charge is 0.421 e. The molecule has 4 N–H and O–H groups in total. The molecule has 4 heterocycles. The zero-order chi connectivity index (χ0) is 17.8. The number of urea groups is 1. The Bertz CT molecular complexity index is 783. The van der Waals surface area contributed by atoms with Gasteiger partial charge in [0.1, 0.15) is 6.04 Å². The van der Waals surface area contributed by atoms with E-state index in [1.54, 1.807) is 0 Å². The number of nitrogens with two attached hydrogens (primary N) is 1. The Morgan fingerprint density at radius 1 is 1.32 bits per heavy atom. The summed E-state index contributed by atoms with van der Waals surface area (Å²) >= 11 is 0. The lowest BCUT2D eigenvalue weighted by molar-refractivity contribution is -0.0317. The number of hydroxylamine groups is 2. The summed E-state index contributed by atoms with van der Waals surface area (Å²) in [5, 5.41) is 12.0. The summed E-state index contributed by atoms with van der Waals surface area (Å²) in [4.78, 5) is 13.8. The Labute approximate surface area is 143 Å². The SMILES string of the molecule is N[C@H]1CN[C@@H](c2nnc([C@@H]3CC[C@H]4CN3C(=O)N4OS(=O)(=O)O)o2)C1. The normalized spacial score (nSPS) is 32.6. The summed E-state index contributed by atoms with van der Waals surface area (Å²) < 4.78 is 40.8. The number of carbonyl (C=O) groups excluding carboxylic acids is 1. The minimum absolute atomic E-state index is 0.0297. The molecule has 1 aromatic heterocycles. The molecule has 3 aliphatic rings. The fourth-order valence-electron chi connectivity index (χ4n) is 3.56. The molecule has 0 saturated carbocycles. The lowest BCUT2D eigenvalue weighted by Crippen LogP contribution is -2.35. The number of aromatic nitrogens is 2. The van der Waals surface area contributed by atoms with Crippen molar-refractivity contribution >= 4 is 16.4 Å². The van der Waals surface area contributed by atoms with Crippen LogP contribution in [0.1, 0.15) is 43.1 Å². The summed E-state index contributed by atoms with van der Waals surface area (Å²) in [5.74, 6) is 0.709. The highest BCUT2D eigenvalue weighted by atomic mass is 32.3. The zero-order valence-electron chi connectivity index (χ0n) is 13.1. The van der Waals surface area contributed by atoms with Crippen molar-refractivity contribution in [3.05, 3.63) is 11.8 Å². The van der Waals surface area contributed by atoms with Crippen molar-refractivity contribution < 1.29 is 26.5 Å². The third-order valence-corrected chi connectivity index (χ3v) is 5.05. The molecule has 2 amide bonds. The smallest absolute Gasteiger partial charge is 0.418 e. The van der Waals surface area contributed by atoms with Crippen LogP contribution in [0.4, 0.5) is 4.79 Å². The highest BCUT2D eigenvalue weighted by molar-refractivity contribution is 7.80. The van der Waals surface area contributed by atoms with Crippen LogP contribution in [-0.4, -0.2) is 64.3 Å². The predicted octanol–water partition coefficient (Wildman–Crippen LogP) is -0.893. The number of amides is 2. The summed E-state index contributed by atoms with van der Waals surface area (Å²) in [6.45, 7) is 0.920. The Hall–Kier alpha value is -1.80. The monoisotopic (exact) mass is 374 g/mol. The van der Waals surface area contributed by atoms with Gasteiger partial charge in [-0.3, -0.25) is 4.55 Å². The first-order valence-corrected chi connectivity index (χ1v) is 9.27. The second-order valence-corrected chi connectivity index (χ2v) is 7.45. The molecule has 4 atom stereocenters. The van der Waals surface area contributed by atoms with E-state index in [0.29, 0.717) is 36.8 Å². The van der Waals surface area contributed by atoms with E-state index in [-0.39, 0.29) is 24.5 Å². The maximum atomic E-state index is 12.4. The minimum Gasteiger partial charge on any atom is -0.421 e. The van der Waals surface area contributed by atoms with Crippen molar-refractivity contribution in [1.29, 1.82) is 0 Å². The maximum Gasteiger partial charge on any atom is 0.418 e. The molecule has 138 valence electrons. The van der Waals surface area contributed by atoms with E-state index in [4.69, 9.17) is 14.7 Å². The summed E-state index contributed by atoms with van der Waals surface area (Å²) in [6.07, 6.45) is 1.68. The molecule has 12 nitrogen and oxygen atoms in total. The number of carbonyl (C=O) groups is 1. The number of hydrogen-bond acceptors (Lipinski definition) is 9. The van der Waals surface area contributed by atoms with Gasteiger partial charge in [0, 0.05) is 19.1 Å². The van der Waals surface area contributed by atoms with Crippen LogP contribution in [0.2, 0.25) is 0 Å². The molecule has 0 radical (unpaired) electrons. The highest BCUT2D eigenvalue weighted by Gasteiger charge is 2.49. The average molecular weight is 374 g/mol. The molecule has 3 fully saturated rings. The number of rotatable bonds is 4. The van der Waals surface area contributed by atoms with Crippen molar-refractivity contribution in [3.63, 3.8) is 0 Å². The van der Waals surface area contributed by atoms with Gasteiger partial charge in [-0.15, -0.1) is 14.5 Å². The van der Waals surface area contributed by atoms with Gasteiger partial charge in [0.2, 0.25) is 11.8 Å². The topological polar surface area (TPSA) is 164 Å². The third kappa shape index (κ3) is 3.08. The zero-order valence-corrected chi connectivity index (χ0v) is 13.9. The molecule has 3 saturated heterocycles. The Morgan fingerprint density at radius 3 is 2.76 bits per heavy atom. The van der Waals surface area contributed by atoms with E-state index >= 15 is 0 Å². The fraction of sp³-hybridized carbons (Fsp3) is 0.750. The molecule has 2 bridgehead atoms. The van der Waals surface area contributed by atoms with Gasteiger partial charge in [0.25, 0.3) is 0 Å². The van der Waals surface area contributed by atoms with Gasteiger partial charge in [0.05, 0.1) is 12.1 Å². The lowest BCUT2D eigenvalue weighted by atomic mass is 10.0. The Morgan fingerprint density at radius 2 is 2.08 bits per heavy atom. The van der Waals surface area contributed by atoms with E-state index in [0.717, 1.165) is 0 Å². The van der Waals surface area contributed by atoms with E-state index < -0.39 is 28.5 Å². The third-order valence-electron chi connectivity index (χ3n) is 4.70. The molecule has 13 heteroatoms. The molecule has 1 aromatic rings. The molecule has 4 rings (SSSR count). The van der Waals surface area contributed by atoms with Gasteiger partial charge in [-0.05, 0) is 19.3 Å². The minimum atomic E-state index is -4.77. The van der Waals surface area contributed by atoms with Gasteiger partial charge >= 0.3 is 16.4 Å². The fourth-order valence-corrected chi connectivity index (χ4v) is 3.95. The second-order valence-electron chi connectivity index (χ2n) is 6.45. The summed E-state index contributed by atoms with van der Waals surface area (Å²) in [6, 6.07) is -1.66. The van der Waals surface area contributed by atoms with Gasteiger partial charge in [-0.1, -0.05) is 0 Å². The quantitative estimate of drug-likeness (QED) is 0.563. The molecular formula is C12H18N6O6S. The van der Waals surface area contributed by atoms with E-state index in [1.807, 2.05) is 0 Å². The van der Waals surface area contributed by atoms with E-state index in [2.05, 4.69) is 19.8 Å². The number of fused-ring (bicyclic) bond motifs is 2. The van der Waals surface area contributed by atoms with Gasteiger partial charge in [-0.2, -0.15) is 13.5 Å². The van der Waals surface area contributed by atoms with Crippen molar-refractivity contribution in [2.75, 3.05) is 13.1 Å². The van der Waals surface area contributed by atoms with Crippen LogP contribution in [-0.2, 0) is 14.7 Å². The molecule has 0 spiro atoms. The first-order chi connectivity index (χ1) is 11.8. The molecular weight excluding hydrogens is 356 g/mol. The van der Waals surface area contributed by atoms with Crippen LogP contribution in [0, 0.1) is 0 Å². The van der Waals surface area contributed by atoms with Crippen molar-refractivity contribution in [2.24, 2.45) is 5.73 Å². The van der Waals surface area contributed by atoms with Crippen LogP contribution >= 0.6 is 0 Å². The standard InChI is InChI=1S/C12H18N6O6S/c13-6-3-8(14-4-6)10-15-16-11(23-10)9-2-1-7-5-17(9)12(19)18(7)24-25(20,21)22/h6-9,14H,1-5,13H2,(H,20,21,22)/t6-,7+,8-,9+/m1/s1. The lowest BCUT2D eigenvalue weighted by Gasteiger charge is -2.27. The first-order valence-electron chi connectivity index (χ1n) is 7.91. The van der Waals surface area contributed by atoms with Gasteiger partial charge < -0.3 is 20.4 Å². The van der Waals surface area contributed by atoms with Crippen LogP contribution in [0.25, 0.3) is 0 Å². The molecule has 0 unspecified atom stereocenters. The molecule has 0 aromatic carbocycles. The highest BCUT2D eigenvalue weighted by Crippen LogP contribution is 2.38. The predicted molar refractivity (Wildman–Crippen MR) is 80.0 cm³/mol. The van der Waals surface area contributed by atoms with Gasteiger partial charge in [0.15, 0.2) is 0 Å². The van der Waals surface area contributed by atoms with Crippen molar-refractivity contribution in [3.8, 4) is 0 Å². The van der Waals surface area contributed by atoms with Gasteiger partial charge in [-0.25, -0.2) is 4.79 Å². The van der Waals surface area contributed by atoms with Crippen LogP contribution in [0.5, 0.6) is 0 Å². The number of nitrogens with zero attached hydrogens (tertiary/aromatic N) is 4. The number of hydrogen-bond donors (Lipinski definition) is 3. The van der Waals surface area contributed by atoms with Crippen molar-refractivity contribution in [2.45, 2.75) is 43.4 Å². The Balaban J connectivity index is 1.51. The van der Waals surface area contributed by atoms with E-state index in [1.165, 1.54) is 4.90 Å². The number of nitrogens with one attached hydrogen (secondary N) is 1. The van der Waals surface area contributed by atoms with Crippen LogP contribution in [0.3, 0.4) is 0 Å². The second kappa shape index (κ2) is 5.88. The molecule has 25 heavy (non-hydrogen) atoms.